The van der Waals surface area contributed by atoms with Gasteiger partial charge >= 0.3 is 6.09 Å². The molecule has 0 bridgehead atoms. The summed E-state index contributed by atoms with van der Waals surface area (Å²) in [5.74, 6) is 0. The first-order chi connectivity index (χ1) is 16.2. The summed E-state index contributed by atoms with van der Waals surface area (Å²) in [5, 5.41) is 0.390. The Labute approximate surface area is 208 Å². The van der Waals surface area contributed by atoms with Crippen molar-refractivity contribution < 1.29 is 33.2 Å². The lowest BCUT2D eigenvalue weighted by Gasteiger charge is -2.28. The van der Waals surface area contributed by atoms with Gasteiger partial charge in [-0.3, -0.25) is 0 Å². The summed E-state index contributed by atoms with van der Waals surface area (Å²) < 4.78 is 32.1. The number of carbonyl (C=O) groups excluding carboxylic acids is 1. The lowest BCUT2D eigenvalue weighted by molar-refractivity contribution is -0.0147. The van der Waals surface area contributed by atoms with E-state index in [0.717, 1.165) is 25.9 Å². The van der Waals surface area contributed by atoms with Crippen LogP contribution in [0.4, 0.5) is 4.79 Å². The van der Waals surface area contributed by atoms with E-state index < -0.39 is 0 Å². The zero-order chi connectivity index (χ0) is 25.0. The number of hydrogen-bond acceptors (Lipinski definition) is 8. The molecule has 0 aromatic carbocycles. The molecule has 1 amide bonds. The monoisotopic (exact) mass is 497 g/mol. The van der Waals surface area contributed by atoms with Crippen molar-refractivity contribution in [3.05, 3.63) is 0 Å². The minimum atomic E-state index is -0.269. The van der Waals surface area contributed by atoms with Gasteiger partial charge in [0.05, 0.1) is 59.5 Å². The number of piperidine rings is 1. The van der Waals surface area contributed by atoms with E-state index in [1.54, 1.807) is 4.90 Å². The predicted molar refractivity (Wildman–Crippen MR) is 137 cm³/mol. The molecule has 0 aromatic rings. The lowest BCUT2D eigenvalue weighted by atomic mass is 10.1. The SMILES string of the molecule is CC.CCC.CCCOCCOCCOCCOCCOCCOC(=O)N1CCC(S)CC1. The molecule has 200 valence electrons. The molecule has 0 radical (unpaired) electrons. The van der Waals surface area contributed by atoms with Crippen LogP contribution in [-0.4, -0.2) is 102 Å². The van der Waals surface area contributed by atoms with Crippen LogP contribution in [0, 0.1) is 0 Å². The molecular formula is C24H51NO7S. The van der Waals surface area contributed by atoms with Crippen LogP contribution in [0.3, 0.4) is 0 Å². The minimum Gasteiger partial charge on any atom is -0.447 e. The second kappa shape index (κ2) is 29.5. The number of hydrogen-bond donors (Lipinski definition) is 1. The van der Waals surface area contributed by atoms with E-state index in [1.807, 2.05) is 13.8 Å². The molecule has 33 heavy (non-hydrogen) atoms. The molecule has 0 N–H and O–H groups in total. The first-order valence-electron chi connectivity index (χ1n) is 12.6. The van der Waals surface area contributed by atoms with E-state index in [9.17, 15) is 4.79 Å². The summed E-state index contributed by atoms with van der Waals surface area (Å²) in [6.07, 6.45) is 3.83. The number of likely N-dealkylation sites (tertiary alicyclic amines) is 1. The Morgan fingerprint density at radius 1 is 0.697 bits per heavy atom. The first kappa shape index (κ1) is 34.6. The van der Waals surface area contributed by atoms with Gasteiger partial charge in [-0.1, -0.05) is 41.0 Å². The fourth-order valence-corrected chi connectivity index (χ4v) is 2.68. The zero-order valence-corrected chi connectivity index (χ0v) is 22.7. The second-order valence-electron chi connectivity index (χ2n) is 7.10. The normalized spacial score (nSPS) is 13.6. The second-order valence-corrected chi connectivity index (χ2v) is 7.83. The molecule has 1 fully saturated rings. The Kier molecular flexibility index (Phi) is 30.9. The van der Waals surface area contributed by atoms with E-state index in [4.69, 9.17) is 28.4 Å². The Balaban J connectivity index is 0. The highest BCUT2D eigenvalue weighted by Crippen LogP contribution is 2.15. The topological polar surface area (TPSA) is 75.7 Å². The molecular weight excluding hydrogens is 446 g/mol. The lowest BCUT2D eigenvalue weighted by Crippen LogP contribution is -2.39. The molecule has 0 spiro atoms. The molecule has 0 aromatic heterocycles. The Morgan fingerprint density at radius 2 is 1.03 bits per heavy atom. The Morgan fingerprint density at radius 3 is 1.39 bits per heavy atom. The number of thiol groups is 1. The summed E-state index contributed by atoms with van der Waals surface area (Å²) in [4.78, 5) is 13.6. The summed E-state index contributed by atoms with van der Waals surface area (Å²) in [7, 11) is 0. The van der Waals surface area contributed by atoms with Gasteiger partial charge in [-0.25, -0.2) is 4.79 Å². The number of nitrogens with zero attached hydrogens (tertiary/aromatic N) is 1. The number of carbonyl (C=O) groups is 1. The van der Waals surface area contributed by atoms with Crippen LogP contribution in [0.5, 0.6) is 0 Å². The summed E-state index contributed by atoms with van der Waals surface area (Å²) in [6, 6.07) is 0. The third-order valence-electron chi connectivity index (χ3n) is 4.01. The van der Waals surface area contributed by atoms with Crippen LogP contribution < -0.4 is 0 Å². The fraction of sp³-hybridized carbons (Fsp3) is 0.958. The van der Waals surface area contributed by atoms with Crippen LogP contribution in [-0.2, 0) is 28.4 Å². The van der Waals surface area contributed by atoms with Crippen LogP contribution in [0.15, 0.2) is 0 Å². The fourth-order valence-electron chi connectivity index (χ4n) is 2.45. The Bertz CT molecular complexity index is 384. The number of amides is 1. The highest BCUT2D eigenvalue weighted by atomic mass is 32.1. The van der Waals surface area contributed by atoms with Crippen molar-refractivity contribution in [2.75, 3.05) is 85.8 Å². The molecule has 1 aliphatic heterocycles. The minimum absolute atomic E-state index is 0.256. The maximum atomic E-state index is 11.8. The maximum Gasteiger partial charge on any atom is 0.409 e. The number of ether oxygens (including phenoxy) is 6. The van der Waals surface area contributed by atoms with Crippen LogP contribution >= 0.6 is 12.6 Å². The van der Waals surface area contributed by atoms with Gasteiger partial charge < -0.3 is 33.3 Å². The average molecular weight is 498 g/mol. The smallest absolute Gasteiger partial charge is 0.409 e. The van der Waals surface area contributed by atoms with Crippen molar-refractivity contribution in [2.24, 2.45) is 0 Å². The van der Waals surface area contributed by atoms with E-state index in [-0.39, 0.29) is 12.7 Å². The van der Waals surface area contributed by atoms with Crippen molar-refractivity contribution in [1.82, 2.24) is 4.90 Å². The molecule has 0 saturated carbocycles. The zero-order valence-electron chi connectivity index (χ0n) is 21.9. The largest absolute Gasteiger partial charge is 0.447 e. The van der Waals surface area contributed by atoms with Crippen molar-refractivity contribution in [3.8, 4) is 0 Å². The molecule has 9 heteroatoms. The summed E-state index contributed by atoms with van der Waals surface area (Å²) >= 11 is 4.41. The molecule has 0 aliphatic carbocycles. The third kappa shape index (κ3) is 25.9. The molecule has 0 atom stereocenters. The highest BCUT2D eigenvalue weighted by molar-refractivity contribution is 7.80. The molecule has 0 unspecified atom stereocenters. The highest BCUT2D eigenvalue weighted by Gasteiger charge is 2.21. The summed E-state index contributed by atoms with van der Waals surface area (Å²) in [5.41, 5.74) is 0. The maximum absolute atomic E-state index is 11.8. The predicted octanol–water partition coefficient (Wildman–Crippen LogP) is 4.45. The van der Waals surface area contributed by atoms with E-state index in [0.29, 0.717) is 77.8 Å². The molecule has 1 aliphatic rings. The van der Waals surface area contributed by atoms with Crippen LogP contribution in [0.2, 0.25) is 0 Å². The van der Waals surface area contributed by atoms with Crippen molar-refractivity contribution in [2.45, 2.75) is 65.6 Å². The van der Waals surface area contributed by atoms with Gasteiger partial charge in [-0.05, 0) is 19.3 Å². The molecule has 1 rings (SSSR count). The van der Waals surface area contributed by atoms with Gasteiger partial charge in [-0.15, -0.1) is 0 Å². The number of rotatable bonds is 17. The summed E-state index contributed by atoms with van der Waals surface area (Å²) in [6.45, 7) is 17.5. The van der Waals surface area contributed by atoms with Gasteiger partial charge in [0, 0.05) is 24.9 Å². The van der Waals surface area contributed by atoms with Crippen molar-refractivity contribution >= 4 is 18.7 Å². The van der Waals surface area contributed by atoms with E-state index in [2.05, 4.69) is 33.4 Å². The van der Waals surface area contributed by atoms with Gasteiger partial charge in [-0.2, -0.15) is 12.6 Å². The van der Waals surface area contributed by atoms with Crippen LogP contribution in [0.1, 0.15) is 60.3 Å². The van der Waals surface area contributed by atoms with Crippen LogP contribution in [0.25, 0.3) is 0 Å². The van der Waals surface area contributed by atoms with Gasteiger partial charge in [0.15, 0.2) is 0 Å². The van der Waals surface area contributed by atoms with Gasteiger partial charge in [0.25, 0.3) is 0 Å². The van der Waals surface area contributed by atoms with E-state index >= 15 is 0 Å². The standard InChI is InChI=1S/C19H37NO7S.C3H8.C2H6/c1-2-7-22-8-9-23-10-11-24-12-13-25-14-15-26-16-17-27-19(21)20-5-3-18(28)4-6-20;1-3-2;1-2/h18,28H,2-17H2,1H3;3H2,1-2H3;1-2H3. The van der Waals surface area contributed by atoms with Crippen molar-refractivity contribution in [1.29, 1.82) is 0 Å². The van der Waals surface area contributed by atoms with Gasteiger partial charge in [0.1, 0.15) is 6.61 Å². The Hall–Kier alpha value is -0.580. The van der Waals surface area contributed by atoms with Gasteiger partial charge in [0.2, 0.25) is 0 Å². The molecule has 1 heterocycles. The van der Waals surface area contributed by atoms with E-state index in [1.165, 1.54) is 6.42 Å². The third-order valence-corrected chi connectivity index (χ3v) is 4.53. The molecule has 8 nitrogen and oxygen atoms in total. The quantitative estimate of drug-likeness (QED) is 0.235. The first-order valence-corrected chi connectivity index (χ1v) is 13.2. The average Bonchev–Trinajstić information content (AvgIpc) is 2.83. The molecule has 1 saturated heterocycles. The van der Waals surface area contributed by atoms with Crippen molar-refractivity contribution in [3.63, 3.8) is 0 Å².